The molecule has 0 aliphatic rings. The Balaban J connectivity index is 1.87. The summed E-state index contributed by atoms with van der Waals surface area (Å²) < 4.78 is 31.2. The maximum atomic E-state index is 13.4. The van der Waals surface area contributed by atoms with E-state index >= 15 is 0 Å². The minimum Gasteiger partial charge on any atom is -0.462 e. The van der Waals surface area contributed by atoms with E-state index in [1.807, 2.05) is 0 Å². The molecular formula is C22H34F2O2. The molecule has 0 N–H and O–H groups in total. The fourth-order valence-corrected chi connectivity index (χ4v) is 3.07. The second kappa shape index (κ2) is 13.7. The van der Waals surface area contributed by atoms with E-state index in [1.165, 1.54) is 51.0 Å². The zero-order valence-electron chi connectivity index (χ0n) is 16.2. The molecule has 26 heavy (non-hydrogen) atoms. The minimum absolute atomic E-state index is 0.000673. The predicted octanol–water partition coefficient (Wildman–Crippen LogP) is 6.72. The van der Waals surface area contributed by atoms with Gasteiger partial charge < -0.3 is 4.74 Å². The third-order valence-corrected chi connectivity index (χ3v) is 4.62. The molecule has 0 saturated heterocycles. The van der Waals surface area contributed by atoms with Crippen LogP contribution in [0.2, 0.25) is 0 Å². The molecule has 0 spiro atoms. The van der Waals surface area contributed by atoms with Crippen LogP contribution in [0, 0.1) is 0 Å². The number of alkyl halides is 2. The summed E-state index contributed by atoms with van der Waals surface area (Å²) in [6, 6.07) is 10.6. The highest BCUT2D eigenvalue weighted by molar-refractivity contribution is 5.77. The summed E-state index contributed by atoms with van der Waals surface area (Å²) in [6.45, 7) is 1.54. The largest absolute Gasteiger partial charge is 0.462 e. The summed E-state index contributed by atoms with van der Waals surface area (Å²) in [4.78, 5) is 11.1. The first-order valence-electron chi connectivity index (χ1n) is 10.1. The van der Waals surface area contributed by atoms with E-state index in [1.54, 1.807) is 0 Å². The van der Waals surface area contributed by atoms with Crippen LogP contribution >= 0.6 is 0 Å². The Kier molecular flexibility index (Phi) is 11.9. The van der Waals surface area contributed by atoms with Crippen molar-refractivity contribution in [3.63, 3.8) is 0 Å². The van der Waals surface area contributed by atoms with Crippen LogP contribution in [0.25, 0.3) is 0 Å². The minimum atomic E-state index is -3.32. The van der Waals surface area contributed by atoms with E-state index in [0.29, 0.717) is 6.42 Å². The lowest BCUT2D eigenvalue weighted by Gasteiger charge is -2.14. The predicted molar refractivity (Wildman–Crippen MR) is 103 cm³/mol. The molecule has 0 saturated carbocycles. The molecule has 1 aromatic carbocycles. The Bertz CT molecular complexity index is 474. The fourth-order valence-electron chi connectivity index (χ4n) is 3.07. The van der Waals surface area contributed by atoms with Crippen molar-refractivity contribution in [1.29, 1.82) is 0 Å². The Morgan fingerprint density at radius 2 is 1.35 bits per heavy atom. The highest BCUT2D eigenvalue weighted by Gasteiger charge is 2.39. The average molecular weight is 369 g/mol. The summed E-state index contributed by atoms with van der Waals surface area (Å²) in [7, 11) is 0. The smallest absolute Gasteiger partial charge is 0.376 e. The van der Waals surface area contributed by atoms with Gasteiger partial charge in [-0.25, -0.2) is 4.79 Å². The van der Waals surface area contributed by atoms with Crippen LogP contribution in [-0.4, -0.2) is 18.5 Å². The molecule has 0 aliphatic carbocycles. The van der Waals surface area contributed by atoms with Crippen LogP contribution in [0.4, 0.5) is 8.78 Å². The highest BCUT2D eigenvalue weighted by Crippen LogP contribution is 2.24. The van der Waals surface area contributed by atoms with Crippen LogP contribution in [0.3, 0.4) is 0 Å². The zero-order valence-corrected chi connectivity index (χ0v) is 16.2. The van der Waals surface area contributed by atoms with Crippen molar-refractivity contribution >= 4 is 5.97 Å². The molecule has 0 fully saturated rings. The van der Waals surface area contributed by atoms with Gasteiger partial charge in [0.25, 0.3) is 0 Å². The van der Waals surface area contributed by atoms with Gasteiger partial charge in [0.15, 0.2) is 0 Å². The van der Waals surface area contributed by atoms with E-state index in [4.69, 9.17) is 0 Å². The first kappa shape index (κ1) is 22.6. The zero-order chi connectivity index (χ0) is 19.1. The van der Waals surface area contributed by atoms with Crippen LogP contribution in [-0.2, 0) is 16.0 Å². The number of hydrogen-bond acceptors (Lipinski definition) is 2. The summed E-state index contributed by atoms with van der Waals surface area (Å²) >= 11 is 0. The van der Waals surface area contributed by atoms with E-state index in [0.717, 1.165) is 25.7 Å². The number of ether oxygens (including phenoxy) is 1. The number of hydrogen-bond donors (Lipinski definition) is 0. The molecular weight excluding hydrogens is 334 g/mol. The van der Waals surface area contributed by atoms with Crippen molar-refractivity contribution in [3.05, 3.63) is 35.9 Å². The number of esters is 1. The Morgan fingerprint density at radius 1 is 0.846 bits per heavy atom. The van der Waals surface area contributed by atoms with Gasteiger partial charge in [-0.05, 0) is 31.7 Å². The standard InChI is InChI=1S/C22H34F2O2/c1-2-26-21(25)22(23,24)19-15-10-8-6-4-3-5-7-9-12-16-20-17-13-11-14-18-20/h11,13-14,17-18H,2-10,12,15-16,19H2,1H3. The molecule has 0 bridgehead atoms. The quantitative estimate of drug-likeness (QED) is 0.254. The Labute approximate surface area is 157 Å². The molecule has 0 aromatic heterocycles. The number of carbonyl (C=O) groups excluding carboxylic acids is 1. The number of unbranched alkanes of at least 4 members (excludes halogenated alkanes) is 9. The van der Waals surface area contributed by atoms with Crippen LogP contribution in [0.15, 0.2) is 30.3 Å². The van der Waals surface area contributed by atoms with Gasteiger partial charge >= 0.3 is 11.9 Å². The number of benzene rings is 1. The van der Waals surface area contributed by atoms with Crippen molar-refractivity contribution in [2.24, 2.45) is 0 Å². The molecule has 0 unspecified atom stereocenters. The summed E-state index contributed by atoms with van der Waals surface area (Å²) in [5.41, 5.74) is 1.42. The lowest BCUT2D eigenvalue weighted by molar-refractivity contribution is -0.172. The maximum Gasteiger partial charge on any atom is 0.376 e. The number of halogens is 2. The first-order valence-corrected chi connectivity index (χ1v) is 10.1. The van der Waals surface area contributed by atoms with Gasteiger partial charge in [0, 0.05) is 6.42 Å². The molecule has 2 nitrogen and oxygen atoms in total. The summed E-state index contributed by atoms with van der Waals surface area (Å²) in [5, 5.41) is 0. The fraction of sp³-hybridized carbons (Fsp3) is 0.682. The molecule has 0 aliphatic heterocycles. The Hall–Kier alpha value is -1.45. The van der Waals surface area contributed by atoms with Gasteiger partial charge in [0.2, 0.25) is 0 Å². The van der Waals surface area contributed by atoms with Gasteiger partial charge in [-0.3, -0.25) is 0 Å². The van der Waals surface area contributed by atoms with E-state index in [-0.39, 0.29) is 6.61 Å². The monoisotopic (exact) mass is 368 g/mol. The molecule has 1 aromatic rings. The van der Waals surface area contributed by atoms with Crippen molar-refractivity contribution in [1.82, 2.24) is 0 Å². The first-order chi connectivity index (χ1) is 12.6. The molecule has 1 rings (SSSR count). The SMILES string of the molecule is CCOC(=O)C(F)(F)CCCCCCCCCCCCc1ccccc1. The van der Waals surface area contributed by atoms with Crippen molar-refractivity contribution in [3.8, 4) is 0 Å². The average Bonchev–Trinajstić information content (AvgIpc) is 2.63. The molecule has 4 heteroatoms. The molecule has 0 heterocycles. The van der Waals surface area contributed by atoms with Gasteiger partial charge in [0.05, 0.1) is 6.61 Å². The van der Waals surface area contributed by atoms with Crippen molar-refractivity contribution in [2.75, 3.05) is 6.61 Å². The molecule has 0 atom stereocenters. The van der Waals surface area contributed by atoms with Crippen molar-refractivity contribution in [2.45, 2.75) is 89.9 Å². The molecule has 0 amide bonds. The second-order valence-electron chi connectivity index (χ2n) is 6.95. The van der Waals surface area contributed by atoms with Crippen LogP contribution < -0.4 is 0 Å². The van der Waals surface area contributed by atoms with Gasteiger partial charge in [-0.2, -0.15) is 8.78 Å². The second-order valence-corrected chi connectivity index (χ2v) is 6.95. The van der Waals surface area contributed by atoms with E-state index in [2.05, 4.69) is 35.1 Å². The van der Waals surface area contributed by atoms with E-state index in [9.17, 15) is 13.6 Å². The third kappa shape index (κ3) is 10.5. The third-order valence-electron chi connectivity index (χ3n) is 4.62. The normalized spacial score (nSPS) is 11.5. The molecule has 148 valence electrons. The lowest BCUT2D eigenvalue weighted by atomic mass is 10.0. The maximum absolute atomic E-state index is 13.4. The lowest BCUT2D eigenvalue weighted by Crippen LogP contribution is -2.30. The summed E-state index contributed by atoms with van der Waals surface area (Å²) in [5.74, 6) is -4.71. The van der Waals surface area contributed by atoms with Crippen LogP contribution in [0.1, 0.15) is 83.1 Å². The number of aryl methyl sites for hydroxylation is 1. The Morgan fingerprint density at radius 3 is 1.88 bits per heavy atom. The van der Waals surface area contributed by atoms with Gasteiger partial charge in [-0.15, -0.1) is 0 Å². The van der Waals surface area contributed by atoms with Gasteiger partial charge in [0.1, 0.15) is 0 Å². The van der Waals surface area contributed by atoms with Crippen molar-refractivity contribution < 1.29 is 18.3 Å². The van der Waals surface area contributed by atoms with E-state index < -0.39 is 18.3 Å². The topological polar surface area (TPSA) is 26.3 Å². The highest BCUT2D eigenvalue weighted by atomic mass is 19.3. The summed E-state index contributed by atoms with van der Waals surface area (Å²) in [6.07, 6.45) is 11.4. The number of carbonyl (C=O) groups is 1. The number of rotatable bonds is 15. The molecule has 0 radical (unpaired) electrons. The van der Waals surface area contributed by atoms with Gasteiger partial charge in [-0.1, -0.05) is 81.7 Å². The van der Waals surface area contributed by atoms with Crippen LogP contribution in [0.5, 0.6) is 0 Å².